The van der Waals surface area contributed by atoms with E-state index in [-0.39, 0.29) is 40.5 Å². The summed E-state index contributed by atoms with van der Waals surface area (Å²) in [4.78, 5) is 28.9. The first-order valence-electron chi connectivity index (χ1n) is 11.0. The Morgan fingerprint density at radius 2 is 1.89 bits per heavy atom. The van der Waals surface area contributed by atoms with Crippen LogP contribution in [0.2, 0.25) is 0 Å². The highest BCUT2D eigenvalue weighted by Gasteiger charge is 2.33. The van der Waals surface area contributed by atoms with Crippen LogP contribution in [0.5, 0.6) is 5.75 Å². The third-order valence-electron chi connectivity index (χ3n) is 5.07. The molecular formula is C25H20F3N7O3. The Labute approximate surface area is 213 Å². The van der Waals surface area contributed by atoms with Crippen molar-refractivity contribution in [3.05, 3.63) is 94.5 Å². The van der Waals surface area contributed by atoms with Gasteiger partial charge >= 0.3 is 6.36 Å². The molecule has 0 spiro atoms. The van der Waals surface area contributed by atoms with E-state index in [4.69, 9.17) is 5.41 Å². The molecule has 4 rings (SSSR count). The summed E-state index contributed by atoms with van der Waals surface area (Å²) in [6.45, 7) is 0. The number of alkyl halides is 3. The molecule has 38 heavy (non-hydrogen) atoms. The van der Waals surface area contributed by atoms with Crippen LogP contribution in [0.25, 0.3) is 11.3 Å². The van der Waals surface area contributed by atoms with E-state index in [1.165, 1.54) is 35.0 Å². The molecule has 0 fully saturated rings. The van der Waals surface area contributed by atoms with Crippen molar-refractivity contribution < 1.29 is 22.7 Å². The molecule has 0 aliphatic heterocycles. The van der Waals surface area contributed by atoms with Crippen LogP contribution in [0.15, 0.2) is 82.7 Å². The third-order valence-corrected chi connectivity index (χ3v) is 5.07. The maximum Gasteiger partial charge on any atom is 0.573 e. The summed E-state index contributed by atoms with van der Waals surface area (Å²) >= 11 is 0. The molecule has 0 aliphatic carbocycles. The fraction of sp³-hybridized carbons (Fsp3) is 0.120. The van der Waals surface area contributed by atoms with Crippen molar-refractivity contribution in [2.75, 3.05) is 0 Å². The molecule has 0 radical (unpaired) electrons. The van der Waals surface area contributed by atoms with Gasteiger partial charge in [0.25, 0.3) is 11.5 Å². The number of benzene rings is 2. The molecule has 0 unspecified atom stereocenters. The number of amides is 1. The van der Waals surface area contributed by atoms with Crippen molar-refractivity contribution >= 4 is 23.1 Å². The lowest BCUT2D eigenvalue weighted by molar-refractivity contribution is -0.274. The third kappa shape index (κ3) is 6.78. The number of aliphatic imine (C=N–C) groups is 1. The molecule has 2 heterocycles. The number of ether oxygens (including phenoxy) is 1. The van der Waals surface area contributed by atoms with E-state index in [9.17, 15) is 22.8 Å². The van der Waals surface area contributed by atoms with Gasteiger partial charge in [0.2, 0.25) is 0 Å². The standard InChI is InChI=1S/C25H20F3N7O3/c1-35-12-11-19(34-35)17-13-15(7-9-21(17)38-25(26,27)28)24(37)31-22(30-16-5-3-2-4-6-16)14-18(29)20-8-10-23(36)33-32-20/h2-13,29H,14H2,1H3,(H,33,36)(H,30,31,37). The number of para-hydroxylation sites is 1. The predicted octanol–water partition coefficient (Wildman–Crippen LogP) is 3.99. The number of H-pyrrole nitrogens is 1. The molecule has 2 aromatic heterocycles. The lowest BCUT2D eigenvalue weighted by atomic mass is 10.1. The summed E-state index contributed by atoms with van der Waals surface area (Å²) in [6.07, 6.45) is -3.57. The lowest BCUT2D eigenvalue weighted by Gasteiger charge is -2.14. The minimum atomic E-state index is -4.95. The average molecular weight is 523 g/mol. The molecule has 2 aromatic carbocycles. The van der Waals surface area contributed by atoms with Gasteiger partial charge in [0.1, 0.15) is 17.3 Å². The monoisotopic (exact) mass is 523 g/mol. The van der Waals surface area contributed by atoms with Crippen LogP contribution in [0, 0.1) is 5.41 Å². The molecule has 0 atom stereocenters. The van der Waals surface area contributed by atoms with E-state index in [1.807, 2.05) is 0 Å². The summed E-state index contributed by atoms with van der Waals surface area (Å²) < 4.78 is 44.5. The van der Waals surface area contributed by atoms with Crippen molar-refractivity contribution in [1.29, 1.82) is 5.41 Å². The first kappa shape index (κ1) is 26.0. The van der Waals surface area contributed by atoms with E-state index in [0.29, 0.717) is 5.69 Å². The largest absolute Gasteiger partial charge is 0.573 e. The summed E-state index contributed by atoms with van der Waals surface area (Å²) in [5.74, 6) is -1.12. The predicted molar refractivity (Wildman–Crippen MR) is 133 cm³/mol. The Morgan fingerprint density at radius 1 is 1.13 bits per heavy atom. The van der Waals surface area contributed by atoms with Gasteiger partial charge in [-0.1, -0.05) is 18.2 Å². The number of hydrogen-bond acceptors (Lipinski definition) is 7. The topological polar surface area (TPSA) is 138 Å². The zero-order chi connectivity index (χ0) is 27.3. The van der Waals surface area contributed by atoms with Crippen molar-refractivity contribution in [2.45, 2.75) is 12.8 Å². The Bertz CT molecular complexity index is 1540. The van der Waals surface area contributed by atoms with Gasteiger partial charge in [-0.2, -0.15) is 10.2 Å². The Morgan fingerprint density at radius 3 is 2.53 bits per heavy atom. The van der Waals surface area contributed by atoms with Crippen molar-refractivity contribution in [1.82, 2.24) is 25.3 Å². The first-order chi connectivity index (χ1) is 18.1. The average Bonchev–Trinajstić information content (AvgIpc) is 3.30. The normalized spacial score (nSPS) is 11.7. The lowest BCUT2D eigenvalue weighted by Crippen LogP contribution is -2.32. The molecule has 0 saturated carbocycles. The molecule has 0 bridgehead atoms. The highest BCUT2D eigenvalue weighted by atomic mass is 19.4. The quantitative estimate of drug-likeness (QED) is 0.248. The number of carbonyl (C=O) groups excluding carboxylic acids is 1. The Kier molecular flexibility index (Phi) is 7.46. The molecule has 4 aromatic rings. The number of nitrogens with zero attached hydrogens (tertiary/aromatic N) is 4. The van der Waals surface area contributed by atoms with E-state index in [0.717, 1.165) is 6.07 Å². The van der Waals surface area contributed by atoms with Crippen molar-refractivity contribution in [2.24, 2.45) is 12.0 Å². The zero-order valence-electron chi connectivity index (χ0n) is 19.8. The molecule has 0 aliphatic rings. The van der Waals surface area contributed by atoms with Gasteiger partial charge in [-0.05, 0) is 42.5 Å². The van der Waals surface area contributed by atoms with Gasteiger partial charge in [0.15, 0.2) is 0 Å². The SMILES string of the molecule is Cn1ccc(-c2cc(C(=O)NC(CC(=N)c3ccc(=O)[nH]n3)=Nc3ccccc3)ccc2OC(F)(F)F)n1. The van der Waals surface area contributed by atoms with Crippen LogP contribution in [-0.2, 0) is 7.05 Å². The number of aromatic nitrogens is 4. The number of amidine groups is 1. The molecule has 0 saturated heterocycles. The number of halogens is 3. The smallest absolute Gasteiger partial charge is 0.405 e. The second-order valence-electron chi connectivity index (χ2n) is 7.94. The van der Waals surface area contributed by atoms with E-state index in [2.05, 4.69) is 30.3 Å². The molecule has 1 amide bonds. The number of aryl methyl sites for hydroxylation is 1. The number of rotatable bonds is 7. The summed E-state index contributed by atoms with van der Waals surface area (Å²) in [5, 5.41) is 21.2. The fourth-order valence-electron chi connectivity index (χ4n) is 3.39. The summed E-state index contributed by atoms with van der Waals surface area (Å²) in [6, 6.07) is 16.2. The highest BCUT2D eigenvalue weighted by Crippen LogP contribution is 2.34. The Balaban J connectivity index is 1.65. The molecule has 10 nitrogen and oxygen atoms in total. The molecular weight excluding hydrogens is 503 g/mol. The van der Waals surface area contributed by atoms with E-state index >= 15 is 0 Å². The number of hydrogen-bond donors (Lipinski definition) is 3. The van der Waals surface area contributed by atoms with Gasteiger partial charge < -0.3 is 15.5 Å². The van der Waals surface area contributed by atoms with Crippen LogP contribution in [0.4, 0.5) is 18.9 Å². The maximum atomic E-state index is 13.2. The fourth-order valence-corrected chi connectivity index (χ4v) is 3.39. The first-order valence-corrected chi connectivity index (χ1v) is 11.0. The second kappa shape index (κ2) is 10.9. The number of aromatic amines is 1. The number of carbonyl (C=O) groups is 1. The second-order valence-corrected chi connectivity index (χ2v) is 7.94. The van der Waals surface area contributed by atoms with Crippen molar-refractivity contribution in [3.63, 3.8) is 0 Å². The molecule has 194 valence electrons. The van der Waals surface area contributed by atoms with Gasteiger partial charge in [0.05, 0.1) is 17.1 Å². The van der Waals surface area contributed by atoms with Gasteiger partial charge in [-0.25, -0.2) is 10.1 Å². The molecule has 13 heteroatoms. The minimum absolute atomic E-state index is 0.00892. The van der Waals surface area contributed by atoms with Crippen LogP contribution in [-0.4, -0.2) is 43.8 Å². The van der Waals surface area contributed by atoms with Gasteiger partial charge in [0, 0.05) is 36.9 Å². The minimum Gasteiger partial charge on any atom is -0.405 e. The van der Waals surface area contributed by atoms with Crippen molar-refractivity contribution in [3.8, 4) is 17.0 Å². The summed E-state index contributed by atoms with van der Waals surface area (Å²) in [7, 11) is 1.60. The van der Waals surface area contributed by atoms with Crippen LogP contribution in [0.3, 0.4) is 0 Å². The van der Waals surface area contributed by atoms with Crippen LogP contribution >= 0.6 is 0 Å². The van der Waals surface area contributed by atoms with Crippen LogP contribution < -0.4 is 15.6 Å². The van der Waals surface area contributed by atoms with Crippen LogP contribution in [0.1, 0.15) is 22.5 Å². The Hall–Kier alpha value is -5.07. The van der Waals surface area contributed by atoms with E-state index < -0.39 is 23.6 Å². The van der Waals surface area contributed by atoms with Gasteiger partial charge in [-0.15, -0.1) is 13.2 Å². The zero-order valence-corrected chi connectivity index (χ0v) is 19.8. The highest BCUT2D eigenvalue weighted by molar-refractivity contribution is 6.16. The van der Waals surface area contributed by atoms with E-state index in [1.54, 1.807) is 43.6 Å². The summed E-state index contributed by atoms with van der Waals surface area (Å²) in [5.41, 5.74) is 0.329. The van der Waals surface area contributed by atoms with Gasteiger partial charge in [-0.3, -0.25) is 14.3 Å². The number of nitrogens with one attached hydrogen (secondary N) is 3. The molecule has 3 N–H and O–H groups in total. The maximum absolute atomic E-state index is 13.2.